The number of furan rings is 1. The summed E-state index contributed by atoms with van der Waals surface area (Å²) in [5.74, 6) is -0.470. The van der Waals surface area contributed by atoms with Crippen LogP contribution in [0.15, 0.2) is 39.5 Å². The van der Waals surface area contributed by atoms with Gasteiger partial charge in [-0.25, -0.2) is 0 Å². The van der Waals surface area contributed by atoms with Crippen LogP contribution in [0.4, 0.5) is 0 Å². The Balaban J connectivity index is 2.38. The molecule has 0 spiro atoms. The maximum absolute atomic E-state index is 12.4. The number of benzene rings is 2. The van der Waals surface area contributed by atoms with Gasteiger partial charge >= 0.3 is 0 Å². The molecule has 0 amide bonds. The number of hydrogen-bond acceptors (Lipinski definition) is 5. The molecule has 2 heterocycles. The Bertz CT molecular complexity index is 1090. The van der Waals surface area contributed by atoms with Gasteiger partial charge in [0.15, 0.2) is 11.5 Å². The van der Waals surface area contributed by atoms with E-state index in [0.717, 1.165) is 21.4 Å². The van der Waals surface area contributed by atoms with E-state index in [1.165, 1.54) is 6.07 Å². The molecule has 0 radical (unpaired) electrons. The molecule has 21 heavy (non-hydrogen) atoms. The lowest BCUT2D eigenvalue weighted by atomic mass is 10.1. The highest BCUT2D eigenvalue weighted by atomic mass is 32.1. The smallest absolute Gasteiger partial charge is 0.244 e. The van der Waals surface area contributed by atoms with Crippen molar-refractivity contribution in [2.24, 2.45) is 0 Å². The Labute approximate surface area is 122 Å². The molecule has 0 fully saturated rings. The Morgan fingerprint density at radius 2 is 1.86 bits per heavy atom. The zero-order valence-corrected chi connectivity index (χ0v) is 11.8. The largest absolute Gasteiger partial charge is 0.504 e. The van der Waals surface area contributed by atoms with E-state index in [4.69, 9.17) is 4.42 Å². The molecular weight excluding hydrogens is 288 g/mol. The fourth-order valence-corrected chi connectivity index (χ4v) is 3.57. The summed E-state index contributed by atoms with van der Waals surface area (Å²) in [7, 11) is 0. The van der Waals surface area contributed by atoms with Crippen LogP contribution in [0.25, 0.3) is 32.0 Å². The van der Waals surface area contributed by atoms with Crippen LogP contribution in [0.2, 0.25) is 0 Å². The maximum Gasteiger partial charge on any atom is 0.244 e. The minimum atomic E-state index is -0.250. The van der Waals surface area contributed by atoms with Crippen LogP contribution in [0.5, 0.6) is 11.5 Å². The first-order valence-electron chi connectivity index (χ1n) is 6.37. The van der Waals surface area contributed by atoms with Crippen LogP contribution in [0.1, 0.15) is 5.56 Å². The molecule has 4 aromatic rings. The van der Waals surface area contributed by atoms with Gasteiger partial charge in [-0.15, -0.1) is 0 Å². The quantitative estimate of drug-likeness (QED) is 0.483. The second-order valence-electron chi connectivity index (χ2n) is 4.94. The van der Waals surface area contributed by atoms with Gasteiger partial charge in [0.1, 0.15) is 11.2 Å². The zero-order chi connectivity index (χ0) is 14.7. The van der Waals surface area contributed by atoms with Crippen molar-refractivity contribution in [3.8, 4) is 11.5 Å². The van der Waals surface area contributed by atoms with Gasteiger partial charge in [0.05, 0.1) is 5.39 Å². The molecule has 0 unspecified atom stereocenters. The van der Waals surface area contributed by atoms with Crippen molar-refractivity contribution in [1.82, 2.24) is 0 Å². The minimum absolute atomic E-state index is 0.119. The summed E-state index contributed by atoms with van der Waals surface area (Å²) in [5, 5.41) is 21.5. The molecule has 2 N–H and O–H groups in total. The lowest BCUT2D eigenvalue weighted by Crippen LogP contribution is -1.93. The molecule has 2 aromatic heterocycles. The molecule has 0 saturated heterocycles. The molecule has 5 heteroatoms. The van der Waals surface area contributed by atoms with Gasteiger partial charge in [-0.1, -0.05) is 23.5 Å². The van der Waals surface area contributed by atoms with Crippen molar-refractivity contribution in [3.05, 3.63) is 45.4 Å². The van der Waals surface area contributed by atoms with E-state index >= 15 is 0 Å². The van der Waals surface area contributed by atoms with Crippen LogP contribution >= 0.6 is 11.3 Å². The molecule has 0 atom stereocenters. The van der Waals surface area contributed by atoms with Gasteiger partial charge in [-0.3, -0.25) is 4.79 Å². The molecule has 2 aromatic carbocycles. The Kier molecular flexibility index (Phi) is 2.32. The van der Waals surface area contributed by atoms with Gasteiger partial charge in [0.2, 0.25) is 4.74 Å². The van der Waals surface area contributed by atoms with E-state index in [1.54, 1.807) is 6.92 Å². The molecule has 4 nitrogen and oxygen atoms in total. The first-order chi connectivity index (χ1) is 10.1. The number of phenolic OH excluding ortho intramolecular Hbond substituents is 2. The van der Waals surface area contributed by atoms with E-state index < -0.39 is 0 Å². The van der Waals surface area contributed by atoms with E-state index in [0.29, 0.717) is 27.5 Å². The van der Waals surface area contributed by atoms with Gasteiger partial charge in [-0.05, 0) is 25.1 Å². The van der Waals surface area contributed by atoms with Crippen molar-refractivity contribution in [1.29, 1.82) is 0 Å². The topological polar surface area (TPSA) is 70.7 Å². The minimum Gasteiger partial charge on any atom is -0.504 e. The van der Waals surface area contributed by atoms with Gasteiger partial charge in [0, 0.05) is 21.0 Å². The number of hydrogen-bond donors (Lipinski definition) is 2. The fourth-order valence-electron chi connectivity index (χ4n) is 2.65. The summed E-state index contributed by atoms with van der Waals surface area (Å²) in [6.45, 7) is 1.65. The van der Waals surface area contributed by atoms with E-state index in [1.807, 2.05) is 24.3 Å². The van der Waals surface area contributed by atoms with E-state index in [2.05, 4.69) is 0 Å². The summed E-state index contributed by atoms with van der Waals surface area (Å²) in [6, 6.07) is 8.90. The number of aryl methyl sites for hydroxylation is 1. The second kappa shape index (κ2) is 3.99. The summed E-state index contributed by atoms with van der Waals surface area (Å²) in [4.78, 5) is 12.4. The predicted molar refractivity (Wildman–Crippen MR) is 83.4 cm³/mol. The predicted octanol–water partition coefficient (Wildman–Crippen LogP) is 3.88. The van der Waals surface area contributed by atoms with Crippen molar-refractivity contribution >= 4 is 43.4 Å². The number of fused-ring (bicyclic) bond motifs is 5. The zero-order valence-electron chi connectivity index (χ0n) is 11.0. The lowest BCUT2D eigenvalue weighted by Gasteiger charge is -2.01. The van der Waals surface area contributed by atoms with Crippen LogP contribution in [0.3, 0.4) is 0 Å². The van der Waals surface area contributed by atoms with Gasteiger partial charge in [0.25, 0.3) is 0 Å². The molecule has 0 aliphatic heterocycles. The van der Waals surface area contributed by atoms with Crippen LogP contribution < -0.4 is 4.74 Å². The molecular formula is C16H10O4S. The highest BCUT2D eigenvalue weighted by Crippen LogP contribution is 2.41. The molecule has 0 bridgehead atoms. The van der Waals surface area contributed by atoms with E-state index in [9.17, 15) is 15.0 Å². The van der Waals surface area contributed by atoms with Crippen molar-refractivity contribution in [3.63, 3.8) is 0 Å². The van der Waals surface area contributed by atoms with Gasteiger partial charge < -0.3 is 14.6 Å². The first kappa shape index (κ1) is 12.2. The number of phenols is 2. The lowest BCUT2D eigenvalue weighted by molar-refractivity contribution is 0.401. The average molecular weight is 298 g/mol. The average Bonchev–Trinajstić information content (AvgIpc) is 2.85. The molecule has 0 aliphatic rings. The molecule has 0 aliphatic carbocycles. The fraction of sp³-hybridized carbons (Fsp3) is 0.0625. The van der Waals surface area contributed by atoms with Crippen LogP contribution in [0, 0.1) is 6.92 Å². The maximum atomic E-state index is 12.4. The first-order valence-corrected chi connectivity index (χ1v) is 7.19. The number of rotatable bonds is 0. The van der Waals surface area contributed by atoms with Gasteiger partial charge in [-0.2, -0.15) is 0 Å². The summed E-state index contributed by atoms with van der Waals surface area (Å²) in [5.41, 5.74) is 1.35. The summed E-state index contributed by atoms with van der Waals surface area (Å²) >= 11 is 1.15. The molecule has 0 saturated carbocycles. The highest BCUT2D eigenvalue weighted by molar-refractivity contribution is 7.17. The second-order valence-corrected chi connectivity index (χ2v) is 5.95. The van der Waals surface area contributed by atoms with Crippen molar-refractivity contribution < 1.29 is 14.6 Å². The third kappa shape index (κ3) is 1.52. The number of aromatic hydroxyl groups is 2. The Morgan fingerprint density at radius 1 is 1.10 bits per heavy atom. The Morgan fingerprint density at radius 3 is 2.67 bits per heavy atom. The molecule has 104 valence electrons. The third-order valence-electron chi connectivity index (χ3n) is 3.70. The SMILES string of the molecule is Cc1c(O)c(O)cc2c1oc1c3ccccc3sc(=O)c21. The normalized spacial score (nSPS) is 11.7. The van der Waals surface area contributed by atoms with Crippen molar-refractivity contribution in [2.75, 3.05) is 0 Å². The Hall–Kier alpha value is -2.53. The van der Waals surface area contributed by atoms with Crippen LogP contribution in [-0.2, 0) is 0 Å². The highest BCUT2D eigenvalue weighted by Gasteiger charge is 2.19. The van der Waals surface area contributed by atoms with Crippen LogP contribution in [-0.4, -0.2) is 10.2 Å². The summed E-state index contributed by atoms with van der Waals surface area (Å²) in [6.07, 6.45) is 0. The van der Waals surface area contributed by atoms with E-state index in [-0.39, 0.29) is 16.2 Å². The third-order valence-corrected chi connectivity index (χ3v) is 4.67. The van der Waals surface area contributed by atoms with Crippen molar-refractivity contribution in [2.45, 2.75) is 6.92 Å². The standard InChI is InChI=1S/C16H10O4S/c1-7-13(18)10(17)6-9-12-15(20-14(7)9)8-4-2-3-5-11(8)21-16(12)19/h2-6,17-18H,1H3. The summed E-state index contributed by atoms with van der Waals surface area (Å²) < 4.78 is 6.58. The molecule has 4 rings (SSSR count). The monoisotopic (exact) mass is 298 g/mol.